The molecule has 19 heavy (non-hydrogen) atoms. The lowest BCUT2D eigenvalue weighted by Crippen LogP contribution is -2.26. The topological polar surface area (TPSA) is 35.5 Å². The molecule has 1 saturated carbocycles. The van der Waals surface area contributed by atoms with Gasteiger partial charge in [0.2, 0.25) is 0 Å². The van der Waals surface area contributed by atoms with Gasteiger partial charge in [-0.25, -0.2) is 4.79 Å². The Labute approximate surface area is 117 Å². The summed E-state index contributed by atoms with van der Waals surface area (Å²) in [6, 6.07) is 0. The maximum atomic E-state index is 12.2. The highest BCUT2D eigenvalue weighted by molar-refractivity contribution is 5.89. The van der Waals surface area contributed by atoms with E-state index in [0.717, 1.165) is 0 Å². The summed E-state index contributed by atoms with van der Waals surface area (Å²) < 4.78 is 10.9. The second-order valence-corrected chi connectivity index (χ2v) is 6.23. The first-order valence-electron chi connectivity index (χ1n) is 7.44. The SMILES string of the molecule is CCOCC(=CC1CCCCC1)C(=O)OC(C)(C)C. The van der Waals surface area contributed by atoms with Crippen molar-refractivity contribution in [1.82, 2.24) is 0 Å². The van der Waals surface area contributed by atoms with Gasteiger partial charge in [0, 0.05) is 6.61 Å². The zero-order chi connectivity index (χ0) is 14.3. The molecule has 110 valence electrons. The molecular weight excluding hydrogens is 240 g/mol. The van der Waals surface area contributed by atoms with Crippen molar-refractivity contribution in [1.29, 1.82) is 0 Å². The lowest BCUT2D eigenvalue weighted by atomic mass is 9.88. The number of hydrogen-bond donors (Lipinski definition) is 0. The molecule has 1 aliphatic carbocycles. The first kappa shape index (κ1) is 16.2. The Bertz CT molecular complexity index is 306. The number of allylic oxidation sites excluding steroid dienone is 1. The zero-order valence-corrected chi connectivity index (χ0v) is 12.8. The van der Waals surface area contributed by atoms with Crippen LogP contribution in [0.15, 0.2) is 11.6 Å². The molecule has 0 bridgehead atoms. The van der Waals surface area contributed by atoms with Crippen molar-refractivity contribution in [2.75, 3.05) is 13.2 Å². The van der Waals surface area contributed by atoms with Crippen molar-refractivity contribution < 1.29 is 14.3 Å². The highest BCUT2D eigenvalue weighted by Gasteiger charge is 2.21. The van der Waals surface area contributed by atoms with Gasteiger partial charge in [-0.15, -0.1) is 0 Å². The van der Waals surface area contributed by atoms with E-state index >= 15 is 0 Å². The Morgan fingerprint density at radius 2 is 1.84 bits per heavy atom. The second-order valence-electron chi connectivity index (χ2n) is 6.23. The van der Waals surface area contributed by atoms with Gasteiger partial charge in [0.05, 0.1) is 12.2 Å². The zero-order valence-electron chi connectivity index (χ0n) is 12.8. The van der Waals surface area contributed by atoms with Crippen molar-refractivity contribution in [3.05, 3.63) is 11.6 Å². The normalized spacial score (nSPS) is 18.4. The van der Waals surface area contributed by atoms with Crippen LogP contribution in [0.3, 0.4) is 0 Å². The van der Waals surface area contributed by atoms with E-state index in [4.69, 9.17) is 9.47 Å². The largest absolute Gasteiger partial charge is 0.457 e. The fraction of sp³-hybridized carbons (Fsp3) is 0.812. The minimum atomic E-state index is -0.449. The van der Waals surface area contributed by atoms with E-state index in [2.05, 4.69) is 6.08 Å². The third kappa shape index (κ3) is 6.76. The maximum Gasteiger partial charge on any atom is 0.336 e. The fourth-order valence-electron chi connectivity index (χ4n) is 2.32. The lowest BCUT2D eigenvalue weighted by molar-refractivity contribution is -0.150. The van der Waals surface area contributed by atoms with Crippen LogP contribution in [0.25, 0.3) is 0 Å². The minimum absolute atomic E-state index is 0.230. The summed E-state index contributed by atoms with van der Waals surface area (Å²) in [5.41, 5.74) is 0.235. The van der Waals surface area contributed by atoms with E-state index in [1.54, 1.807) is 0 Å². The first-order chi connectivity index (χ1) is 8.92. The Balaban J connectivity index is 2.68. The van der Waals surface area contributed by atoms with Gasteiger partial charge in [-0.05, 0) is 46.5 Å². The number of carbonyl (C=O) groups excluding carboxylic acids is 1. The Kier molecular flexibility index (Phi) is 6.56. The monoisotopic (exact) mass is 268 g/mol. The predicted octanol–water partition coefficient (Wildman–Crippen LogP) is 3.87. The van der Waals surface area contributed by atoms with Gasteiger partial charge < -0.3 is 9.47 Å². The van der Waals surface area contributed by atoms with E-state index in [9.17, 15) is 4.79 Å². The van der Waals surface area contributed by atoms with E-state index < -0.39 is 5.60 Å². The number of hydrogen-bond acceptors (Lipinski definition) is 3. The summed E-state index contributed by atoms with van der Waals surface area (Å²) in [5.74, 6) is 0.281. The Hall–Kier alpha value is -0.830. The third-order valence-electron chi connectivity index (χ3n) is 3.21. The molecule has 0 atom stereocenters. The van der Waals surface area contributed by atoms with Crippen LogP contribution in [0.2, 0.25) is 0 Å². The van der Waals surface area contributed by atoms with Crippen molar-refractivity contribution in [2.24, 2.45) is 5.92 Å². The van der Waals surface area contributed by atoms with Gasteiger partial charge in [-0.3, -0.25) is 0 Å². The van der Waals surface area contributed by atoms with Gasteiger partial charge in [0.25, 0.3) is 0 Å². The molecule has 0 radical (unpaired) electrons. The van der Waals surface area contributed by atoms with Crippen LogP contribution >= 0.6 is 0 Å². The van der Waals surface area contributed by atoms with Gasteiger partial charge in [0.15, 0.2) is 0 Å². The number of esters is 1. The standard InChI is InChI=1S/C16H28O3/c1-5-18-12-14(15(17)19-16(2,3)4)11-13-9-7-6-8-10-13/h11,13H,5-10,12H2,1-4H3. The summed E-state index contributed by atoms with van der Waals surface area (Å²) in [7, 11) is 0. The molecule has 1 rings (SSSR count). The van der Waals surface area contributed by atoms with E-state index in [1.807, 2.05) is 27.7 Å². The summed E-state index contributed by atoms with van der Waals surface area (Å²) >= 11 is 0. The first-order valence-corrected chi connectivity index (χ1v) is 7.44. The molecule has 1 fully saturated rings. The van der Waals surface area contributed by atoms with Gasteiger partial charge in [-0.2, -0.15) is 0 Å². The maximum absolute atomic E-state index is 12.2. The van der Waals surface area contributed by atoms with Gasteiger partial charge in [-0.1, -0.05) is 25.3 Å². The molecule has 0 aromatic carbocycles. The predicted molar refractivity (Wildman–Crippen MR) is 77.0 cm³/mol. The molecule has 3 heteroatoms. The molecule has 0 aromatic heterocycles. The smallest absolute Gasteiger partial charge is 0.336 e. The van der Waals surface area contributed by atoms with Gasteiger partial charge in [0.1, 0.15) is 5.60 Å². The number of carbonyl (C=O) groups is 1. The number of ether oxygens (including phenoxy) is 2. The summed E-state index contributed by atoms with van der Waals surface area (Å²) in [6.07, 6.45) is 8.28. The quantitative estimate of drug-likeness (QED) is 0.561. The van der Waals surface area contributed by atoms with Crippen LogP contribution in [0.4, 0.5) is 0 Å². The molecule has 0 spiro atoms. The van der Waals surface area contributed by atoms with Crippen LogP contribution < -0.4 is 0 Å². The Morgan fingerprint density at radius 3 is 2.37 bits per heavy atom. The van der Waals surface area contributed by atoms with Crippen LogP contribution in [0.5, 0.6) is 0 Å². The van der Waals surface area contributed by atoms with Crippen LogP contribution in [0.1, 0.15) is 59.8 Å². The molecule has 3 nitrogen and oxygen atoms in total. The Morgan fingerprint density at radius 1 is 1.21 bits per heavy atom. The average molecular weight is 268 g/mol. The molecule has 0 aromatic rings. The summed E-state index contributed by atoms with van der Waals surface area (Å²) in [4.78, 5) is 12.2. The van der Waals surface area contributed by atoms with Gasteiger partial charge >= 0.3 is 5.97 Å². The molecule has 0 unspecified atom stereocenters. The summed E-state index contributed by atoms with van der Waals surface area (Å²) in [5, 5.41) is 0. The molecule has 0 heterocycles. The van der Waals surface area contributed by atoms with E-state index in [0.29, 0.717) is 24.7 Å². The molecule has 0 amide bonds. The third-order valence-corrected chi connectivity index (χ3v) is 3.21. The average Bonchev–Trinajstić information content (AvgIpc) is 2.33. The molecule has 0 saturated heterocycles. The molecule has 0 N–H and O–H groups in total. The van der Waals surface area contributed by atoms with Crippen molar-refractivity contribution >= 4 is 5.97 Å². The second kappa shape index (κ2) is 7.68. The van der Waals surface area contributed by atoms with Crippen molar-refractivity contribution in [2.45, 2.75) is 65.4 Å². The fourth-order valence-corrected chi connectivity index (χ4v) is 2.32. The van der Waals surface area contributed by atoms with Crippen molar-refractivity contribution in [3.63, 3.8) is 0 Å². The lowest BCUT2D eigenvalue weighted by Gasteiger charge is -2.23. The molecular formula is C16H28O3. The van der Waals surface area contributed by atoms with E-state index in [1.165, 1.54) is 32.1 Å². The van der Waals surface area contributed by atoms with E-state index in [-0.39, 0.29) is 5.97 Å². The van der Waals surface area contributed by atoms with Crippen LogP contribution in [0, 0.1) is 5.92 Å². The van der Waals surface area contributed by atoms with Crippen LogP contribution in [-0.2, 0) is 14.3 Å². The van der Waals surface area contributed by atoms with Crippen LogP contribution in [-0.4, -0.2) is 24.8 Å². The highest BCUT2D eigenvalue weighted by atomic mass is 16.6. The summed E-state index contributed by atoms with van der Waals surface area (Å²) in [6.45, 7) is 8.59. The minimum Gasteiger partial charge on any atom is -0.457 e. The number of rotatable bonds is 5. The molecule has 0 aliphatic heterocycles. The van der Waals surface area contributed by atoms with Crippen molar-refractivity contribution in [3.8, 4) is 0 Å². The molecule has 1 aliphatic rings. The highest BCUT2D eigenvalue weighted by Crippen LogP contribution is 2.26.